The Bertz CT molecular complexity index is 1530. The van der Waals surface area contributed by atoms with E-state index in [-0.39, 0.29) is 35.6 Å². The molecule has 0 N–H and O–H groups in total. The van der Waals surface area contributed by atoms with Crippen LogP contribution >= 0.6 is 0 Å². The molecular formula is C42H44Cl2Zr-2. The van der Waals surface area contributed by atoms with Crippen LogP contribution < -0.4 is 24.8 Å². The Morgan fingerprint density at radius 3 is 1.67 bits per heavy atom. The molecule has 45 heavy (non-hydrogen) atoms. The second-order valence-electron chi connectivity index (χ2n) is 13.9. The number of fused-ring (bicyclic) bond motifs is 3. The Morgan fingerprint density at radius 2 is 1.22 bits per heavy atom. The van der Waals surface area contributed by atoms with Crippen LogP contribution in [0.1, 0.15) is 89.5 Å². The van der Waals surface area contributed by atoms with Crippen LogP contribution in [0, 0.1) is 12.1 Å². The molecule has 7 rings (SSSR count). The molecular weight excluding hydrogens is 667 g/mol. The fourth-order valence-electron chi connectivity index (χ4n) is 5.80. The van der Waals surface area contributed by atoms with Crippen molar-refractivity contribution in [3.63, 3.8) is 0 Å². The quantitative estimate of drug-likeness (QED) is 0.222. The van der Waals surface area contributed by atoms with Crippen molar-refractivity contribution >= 4 is 3.21 Å². The summed E-state index contributed by atoms with van der Waals surface area (Å²) in [6.45, 7) is 13.9. The van der Waals surface area contributed by atoms with Crippen LogP contribution in [0.5, 0.6) is 0 Å². The fourth-order valence-corrected chi connectivity index (χ4v) is 6.66. The van der Waals surface area contributed by atoms with Crippen molar-refractivity contribution in [2.45, 2.75) is 84.5 Å². The molecule has 0 amide bonds. The third-order valence-corrected chi connectivity index (χ3v) is 9.60. The van der Waals surface area contributed by atoms with Gasteiger partial charge in [0.25, 0.3) is 0 Å². The van der Waals surface area contributed by atoms with Gasteiger partial charge in [0.05, 0.1) is 0 Å². The molecule has 0 saturated heterocycles. The Hall–Kier alpha value is -2.31. The van der Waals surface area contributed by atoms with Crippen molar-refractivity contribution in [3.8, 4) is 33.4 Å². The van der Waals surface area contributed by atoms with Crippen LogP contribution in [-0.4, -0.2) is 3.21 Å². The number of halogens is 2. The van der Waals surface area contributed by atoms with E-state index in [1.54, 1.807) is 27.4 Å². The molecule has 1 saturated carbocycles. The first-order chi connectivity index (χ1) is 20.5. The Kier molecular flexibility index (Phi) is 13.2. The van der Waals surface area contributed by atoms with Crippen molar-refractivity contribution in [1.82, 2.24) is 0 Å². The van der Waals surface area contributed by atoms with Crippen LogP contribution in [0.15, 0.2) is 97.1 Å². The second-order valence-corrected chi connectivity index (χ2v) is 15.6. The maximum absolute atomic E-state index is 3.88. The summed E-state index contributed by atoms with van der Waals surface area (Å²) in [6.07, 6.45) is 15.3. The molecule has 0 nitrogen and oxygen atoms in total. The molecule has 3 heteroatoms. The molecule has 4 aromatic carbocycles. The first kappa shape index (κ1) is 37.2. The van der Waals surface area contributed by atoms with Gasteiger partial charge in [-0.2, -0.15) is 6.08 Å². The van der Waals surface area contributed by atoms with Crippen molar-refractivity contribution in [1.29, 1.82) is 0 Å². The van der Waals surface area contributed by atoms with E-state index in [1.807, 2.05) is 12.2 Å². The van der Waals surface area contributed by atoms with Crippen LogP contribution in [0.25, 0.3) is 33.4 Å². The summed E-state index contributed by atoms with van der Waals surface area (Å²) in [6, 6.07) is 32.8. The van der Waals surface area contributed by atoms with E-state index >= 15 is 0 Å². The van der Waals surface area contributed by atoms with E-state index in [4.69, 9.17) is 0 Å². The van der Waals surface area contributed by atoms with Gasteiger partial charge in [-0.3, -0.25) is 6.08 Å². The molecule has 0 unspecified atom stereocenters. The van der Waals surface area contributed by atoms with E-state index < -0.39 is 0 Å². The average molecular weight is 711 g/mol. The summed E-state index contributed by atoms with van der Waals surface area (Å²) in [4.78, 5) is 0. The first-order valence-corrected chi connectivity index (χ1v) is 16.9. The van der Waals surface area contributed by atoms with Gasteiger partial charge < -0.3 is 24.8 Å². The molecule has 0 aromatic heterocycles. The third kappa shape index (κ3) is 9.16. The fraction of sp³-hybridized carbons (Fsp3) is 0.310. The van der Waals surface area contributed by atoms with Gasteiger partial charge in [0.1, 0.15) is 0 Å². The second kappa shape index (κ2) is 16.0. The van der Waals surface area contributed by atoms with Gasteiger partial charge in [-0.25, -0.2) is 12.2 Å². The maximum atomic E-state index is 3.88. The molecule has 3 aliphatic carbocycles. The Morgan fingerprint density at radius 1 is 0.667 bits per heavy atom. The summed E-state index contributed by atoms with van der Waals surface area (Å²) in [5, 5.41) is 0. The first-order valence-electron chi connectivity index (χ1n) is 15.7. The number of allylic oxidation sites excluding steroid dienone is 4. The average Bonchev–Trinajstić information content (AvgIpc) is 3.67. The molecule has 1 fully saturated rings. The van der Waals surface area contributed by atoms with E-state index in [1.165, 1.54) is 74.9 Å². The molecule has 0 aliphatic heterocycles. The molecule has 0 heterocycles. The summed E-state index contributed by atoms with van der Waals surface area (Å²) >= 11 is 1.67. The van der Waals surface area contributed by atoms with Crippen molar-refractivity contribution < 1.29 is 49.0 Å². The summed E-state index contributed by atoms with van der Waals surface area (Å²) in [5.74, 6) is 0. The number of hydrogen-bond acceptors (Lipinski definition) is 0. The summed E-state index contributed by atoms with van der Waals surface area (Å²) < 4.78 is 1.78. The van der Waals surface area contributed by atoms with E-state index in [0.29, 0.717) is 0 Å². The molecule has 0 spiro atoms. The zero-order chi connectivity index (χ0) is 30.6. The molecule has 4 aromatic rings. The molecule has 232 valence electrons. The van der Waals surface area contributed by atoms with Gasteiger partial charge >= 0.3 is 46.7 Å². The van der Waals surface area contributed by atoms with Crippen LogP contribution in [0.4, 0.5) is 0 Å². The van der Waals surface area contributed by atoms with E-state index in [9.17, 15) is 0 Å². The van der Waals surface area contributed by atoms with Crippen molar-refractivity contribution in [2.24, 2.45) is 0 Å². The molecule has 0 atom stereocenters. The van der Waals surface area contributed by atoms with Gasteiger partial charge in [-0.05, 0) is 39.5 Å². The predicted molar refractivity (Wildman–Crippen MR) is 182 cm³/mol. The number of benzene rings is 4. The Balaban J connectivity index is 0.000000392. The zero-order valence-corrected chi connectivity index (χ0v) is 31.5. The topological polar surface area (TPSA) is 0 Å². The standard InChI is InChI=1S/C33H33.C5H5.C4H6.2ClH.Zr/c1-32(2,3)30-20-26-24(18-28(30)22-13-9-7-10-14-22)17-25-19-29(23-15-11-8-12-16-23)31(21-27(25)26)33(4,5)6;1-2-4-5-3-1;1-2-4-3-1;;;/h7-16,18,20-21H,17H2,1-6H3;1-3H,4H2;1-3H2;2*1H;/q2*-1;;;;+2/p-2. The minimum atomic E-state index is 0. The Labute approximate surface area is 299 Å². The number of hydrogen-bond donors (Lipinski definition) is 0. The van der Waals surface area contributed by atoms with Crippen molar-refractivity contribution in [2.75, 3.05) is 0 Å². The van der Waals surface area contributed by atoms with E-state index in [0.717, 1.165) is 12.8 Å². The van der Waals surface area contributed by atoms with Gasteiger partial charge in [0.15, 0.2) is 0 Å². The zero-order valence-electron chi connectivity index (χ0n) is 27.5. The minimum absolute atomic E-state index is 0. The predicted octanol–water partition coefficient (Wildman–Crippen LogP) is 5.19. The van der Waals surface area contributed by atoms with Crippen molar-refractivity contribution in [3.05, 3.63) is 131 Å². The molecule has 0 bridgehead atoms. The molecule has 0 radical (unpaired) electrons. The van der Waals surface area contributed by atoms with Crippen LogP contribution in [-0.2, 0) is 41.5 Å². The number of rotatable bonds is 2. The van der Waals surface area contributed by atoms with E-state index in [2.05, 4.69) is 139 Å². The van der Waals surface area contributed by atoms with Crippen LogP contribution in [0.3, 0.4) is 0 Å². The molecule has 3 aliphatic rings. The third-order valence-electron chi connectivity index (χ3n) is 8.37. The normalized spacial score (nSPS) is 14.0. The summed E-state index contributed by atoms with van der Waals surface area (Å²) in [7, 11) is 0. The van der Waals surface area contributed by atoms with Gasteiger partial charge in [0, 0.05) is 0 Å². The van der Waals surface area contributed by atoms with Crippen LogP contribution in [0.2, 0.25) is 0 Å². The SMILES string of the molecule is CC(C)(C)c1cc2c([c-]c1-c1ccccc1)Cc1cc(-c3ccccc3)c(C(C)(C)C)cc1-2.[C-]1=CC=CC1.[Cl-].[Cl-].[Zr+2]=[C]1CCC1. The van der Waals surface area contributed by atoms with Gasteiger partial charge in [0.2, 0.25) is 0 Å². The summed E-state index contributed by atoms with van der Waals surface area (Å²) in [5.41, 5.74) is 13.5. The van der Waals surface area contributed by atoms with Gasteiger partial charge in [-0.1, -0.05) is 131 Å². The van der Waals surface area contributed by atoms with Gasteiger partial charge in [-0.15, -0.1) is 35.2 Å². The monoisotopic (exact) mass is 708 g/mol.